The molecule has 4 nitrogen and oxygen atoms in total. The first-order chi connectivity index (χ1) is 9.65. The van der Waals surface area contributed by atoms with Gasteiger partial charge in [-0.05, 0) is 24.6 Å². The highest BCUT2D eigenvalue weighted by atomic mass is 35.5. The molecule has 0 radical (unpaired) electrons. The molecule has 1 N–H and O–H groups in total. The van der Waals surface area contributed by atoms with Gasteiger partial charge in [0.15, 0.2) is 5.82 Å². The molecule has 0 spiro atoms. The largest absolute Gasteiger partial charge is 0.339 e. The minimum absolute atomic E-state index is 0.229. The van der Waals surface area contributed by atoms with Crippen molar-refractivity contribution >= 4 is 11.6 Å². The van der Waals surface area contributed by atoms with Crippen LogP contribution in [-0.4, -0.2) is 23.2 Å². The Labute approximate surface area is 121 Å². The van der Waals surface area contributed by atoms with E-state index in [1.54, 1.807) is 12.1 Å². The van der Waals surface area contributed by atoms with Crippen LogP contribution >= 0.6 is 11.6 Å². The summed E-state index contributed by atoms with van der Waals surface area (Å²) in [7, 11) is 0. The first-order valence-electron chi connectivity index (χ1n) is 6.61. The number of rotatable bonds is 3. The molecule has 1 aromatic carbocycles. The van der Waals surface area contributed by atoms with E-state index in [4.69, 9.17) is 16.1 Å². The summed E-state index contributed by atoms with van der Waals surface area (Å²) in [6, 6.07) is 4.61. The van der Waals surface area contributed by atoms with Crippen LogP contribution in [0.25, 0.3) is 0 Å². The molecule has 2 aromatic rings. The van der Waals surface area contributed by atoms with E-state index in [2.05, 4.69) is 22.4 Å². The second-order valence-electron chi connectivity index (χ2n) is 5.17. The lowest BCUT2D eigenvalue weighted by atomic mass is 9.98. The van der Waals surface area contributed by atoms with Crippen LogP contribution in [0, 0.1) is 11.7 Å². The Kier molecular flexibility index (Phi) is 3.72. The fourth-order valence-electron chi connectivity index (χ4n) is 2.49. The molecule has 2 atom stereocenters. The Morgan fingerprint density at radius 3 is 3.00 bits per heavy atom. The standard InChI is InChI=1S/C14H15ClFN3O/c1-8-6-17-7-10(8)14-18-13(19-20-14)5-9-11(15)3-2-4-12(9)16/h2-4,8,10,17H,5-7H2,1H3/t8-,10-/m1/s1. The Morgan fingerprint density at radius 1 is 1.45 bits per heavy atom. The molecule has 0 amide bonds. The maximum absolute atomic E-state index is 13.7. The van der Waals surface area contributed by atoms with Crippen molar-refractivity contribution in [3.8, 4) is 0 Å². The van der Waals surface area contributed by atoms with Crippen LogP contribution in [0.5, 0.6) is 0 Å². The van der Waals surface area contributed by atoms with E-state index in [1.807, 2.05) is 0 Å². The second-order valence-corrected chi connectivity index (χ2v) is 5.58. The fraction of sp³-hybridized carbons (Fsp3) is 0.429. The number of nitrogens with zero attached hydrogens (tertiary/aromatic N) is 2. The van der Waals surface area contributed by atoms with Crippen LogP contribution in [-0.2, 0) is 6.42 Å². The average molecular weight is 296 g/mol. The van der Waals surface area contributed by atoms with Gasteiger partial charge in [-0.15, -0.1) is 0 Å². The van der Waals surface area contributed by atoms with Crippen molar-refractivity contribution in [1.82, 2.24) is 15.5 Å². The Morgan fingerprint density at radius 2 is 2.30 bits per heavy atom. The van der Waals surface area contributed by atoms with Crippen molar-refractivity contribution < 1.29 is 8.91 Å². The van der Waals surface area contributed by atoms with E-state index in [9.17, 15) is 4.39 Å². The second kappa shape index (κ2) is 5.50. The summed E-state index contributed by atoms with van der Waals surface area (Å²) in [5.74, 6) is 1.42. The van der Waals surface area contributed by atoms with Crippen molar-refractivity contribution in [2.45, 2.75) is 19.3 Å². The third-order valence-corrected chi connectivity index (χ3v) is 4.07. The summed E-state index contributed by atoms with van der Waals surface area (Å²) < 4.78 is 19.0. The first kappa shape index (κ1) is 13.5. The molecule has 1 aromatic heterocycles. The summed E-state index contributed by atoms with van der Waals surface area (Å²) in [4.78, 5) is 4.38. The van der Waals surface area contributed by atoms with Gasteiger partial charge in [0.05, 0.1) is 5.92 Å². The van der Waals surface area contributed by atoms with Crippen molar-refractivity contribution in [2.24, 2.45) is 5.92 Å². The minimum Gasteiger partial charge on any atom is -0.339 e. The van der Waals surface area contributed by atoms with Crippen LogP contribution < -0.4 is 5.32 Å². The van der Waals surface area contributed by atoms with Gasteiger partial charge in [-0.1, -0.05) is 29.7 Å². The SMILES string of the molecule is C[C@@H]1CNC[C@H]1c1nc(Cc2c(F)cccc2Cl)no1. The van der Waals surface area contributed by atoms with Gasteiger partial charge in [0.2, 0.25) is 5.89 Å². The van der Waals surface area contributed by atoms with Gasteiger partial charge in [-0.25, -0.2) is 4.39 Å². The van der Waals surface area contributed by atoms with E-state index >= 15 is 0 Å². The minimum atomic E-state index is -0.347. The van der Waals surface area contributed by atoms with Crippen LogP contribution in [0.4, 0.5) is 4.39 Å². The molecule has 3 rings (SSSR count). The lowest BCUT2D eigenvalue weighted by Crippen LogP contribution is -2.08. The third kappa shape index (κ3) is 2.55. The average Bonchev–Trinajstić information content (AvgIpc) is 3.02. The maximum atomic E-state index is 13.7. The number of hydrogen-bond donors (Lipinski definition) is 1. The third-order valence-electron chi connectivity index (χ3n) is 3.72. The summed E-state index contributed by atoms with van der Waals surface area (Å²) >= 11 is 6.00. The highest BCUT2D eigenvalue weighted by Gasteiger charge is 2.29. The number of hydrogen-bond acceptors (Lipinski definition) is 4. The van der Waals surface area contributed by atoms with E-state index in [1.165, 1.54) is 6.07 Å². The zero-order valence-corrected chi connectivity index (χ0v) is 11.8. The summed E-state index contributed by atoms with van der Waals surface area (Å²) in [5.41, 5.74) is 0.402. The van der Waals surface area contributed by atoms with Gasteiger partial charge in [0.25, 0.3) is 0 Å². The number of benzene rings is 1. The normalized spacial score (nSPS) is 22.4. The molecule has 0 unspecified atom stereocenters. The molecule has 6 heteroatoms. The number of halogens is 2. The number of aromatic nitrogens is 2. The molecule has 0 aliphatic carbocycles. The Hall–Kier alpha value is -1.46. The maximum Gasteiger partial charge on any atom is 0.231 e. The predicted octanol–water partition coefficient (Wildman–Crippen LogP) is 2.78. The predicted molar refractivity (Wildman–Crippen MR) is 73.3 cm³/mol. The molecular weight excluding hydrogens is 281 g/mol. The molecule has 0 saturated carbocycles. The zero-order valence-electron chi connectivity index (χ0n) is 11.1. The fourth-order valence-corrected chi connectivity index (χ4v) is 2.72. The molecule has 1 aliphatic rings. The van der Waals surface area contributed by atoms with Crippen molar-refractivity contribution in [2.75, 3.05) is 13.1 Å². The molecule has 1 aliphatic heterocycles. The molecular formula is C14H15ClFN3O. The van der Waals surface area contributed by atoms with Crippen LogP contribution in [0.3, 0.4) is 0 Å². The van der Waals surface area contributed by atoms with Crippen LogP contribution in [0.2, 0.25) is 5.02 Å². The Bertz CT molecular complexity index is 596. The summed E-state index contributed by atoms with van der Waals surface area (Å²) in [5, 5.41) is 7.60. The smallest absolute Gasteiger partial charge is 0.231 e. The highest BCUT2D eigenvalue weighted by molar-refractivity contribution is 6.31. The summed E-state index contributed by atoms with van der Waals surface area (Å²) in [6.45, 7) is 3.92. The number of nitrogens with one attached hydrogen (secondary N) is 1. The van der Waals surface area contributed by atoms with Gasteiger partial charge in [0.1, 0.15) is 5.82 Å². The summed E-state index contributed by atoms with van der Waals surface area (Å²) in [6.07, 6.45) is 0.240. The van der Waals surface area contributed by atoms with Gasteiger partial charge in [-0.2, -0.15) is 4.98 Å². The zero-order chi connectivity index (χ0) is 14.1. The van der Waals surface area contributed by atoms with E-state index in [-0.39, 0.29) is 18.2 Å². The van der Waals surface area contributed by atoms with Gasteiger partial charge >= 0.3 is 0 Å². The molecule has 2 heterocycles. The van der Waals surface area contributed by atoms with E-state index < -0.39 is 0 Å². The monoisotopic (exact) mass is 295 g/mol. The van der Waals surface area contributed by atoms with Gasteiger partial charge < -0.3 is 9.84 Å². The molecule has 1 saturated heterocycles. The van der Waals surface area contributed by atoms with Gasteiger partial charge in [0, 0.05) is 23.6 Å². The van der Waals surface area contributed by atoms with Crippen molar-refractivity contribution in [3.05, 3.63) is 46.3 Å². The lowest BCUT2D eigenvalue weighted by Gasteiger charge is -2.07. The van der Waals surface area contributed by atoms with Crippen LogP contribution in [0.15, 0.2) is 22.7 Å². The van der Waals surface area contributed by atoms with Crippen molar-refractivity contribution in [3.63, 3.8) is 0 Å². The Balaban J connectivity index is 1.81. The lowest BCUT2D eigenvalue weighted by molar-refractivity contribution is 0.337. The van der Waals surface area contributed by atoms with Crippen molar-refractivity contribution in [1.29, 1.82) is 0 Å². The molecule has 20 heavy (non-hydrogen) atoms. The van der Waals surface area contributed by atoms with Crippen LogP contribution in [0.1, 0.15) is 30.1 Å². The highest BCUT2D eigenvalue weighted by Crippen LogP contribution is 2.27. The first-order valence-corrected chi connectivity index (χ1v) is 6.99. The van der Waals surface area contributed by atoms with Gasteiger partial charge in [-0.3, -0.25) is 0 Å². The quantitative estimate of drug-likeness (QED) is 0.946. The topological polar surface area (TPSA) is 51.0 Å². The van der Waals surface area contributed by atoms with E-state index in [0.29, 0.717) is 28.2 Å². The molecule has 0 bridgehead atoms. The van der Waals surface area contributed by atoms with E-state index in [0.717, 1.165) is 13.1 Å². The molecule has 1 fully saturated rings. The molecule has 106 valence electrons.